The summed E-state index contributed by atoms with van der Waals surface area (Å²) in [6, 6.07) is -0.484. The van der Waals surface area contributed by atoms with Crippen molar-refractivity contribution in [3.8, 4) is 0 Å². The molecule has 0 radical (unpaired) electrons. The van der Waals surface area contributed by atoms with Crippen molar-refractivity contribution in [2.45, 2.75) is 31.6 Å². The summed E-state index contributed by atoms with van der Waals surface area (Å²) in [5.41, 5.74) is 5.72. The van der Waals surface area contributed by atoms with Crippen LogP contribution >= 0.6 is 0 Å². The number of hydrogen-bond acceptors (Lipinski definition) is 4. The highest BCUT2D eigenvalue weighted by Gasteiger charge is 2.36. The minimum Gasteiger partial charge on any atom is -0.380 e. The van der Waals surface area contributed by atoms with Crippen LogP contribution in [0.15, 0.2) is 0 Å². The first kappa shape index (κ1) is 12.9. The first-order valence-electron chi connectivity index (χ1n) is 4.26. The van der Waals surface area contributed by atoms with Gasteiger partial charge in [0.25, 0.3) is 0 Å². The molecule has 0 spiro atoms. The maximum Gasteiger partial charge on any atom is 0.154 e. The van der Waals surface area contributed by atoms with Gasteiger partial charge in [0.15, 0.2) is 9.84 Å². The van der Waals surface area contributed by atoms with E-state index in [-0.39, 0.29) is 6.61 Å². The van der Waals surface area contributed by atoms with Gasteiger partial charge >= 0.3 is 0 Å². The Labute approximate surface area is 80.4 Å². The van der Waals surface area contributed by atoms with E-state index in [0.29, 0.717) is 6.61 Å². The zero-order valence-corrected chi connectivity index (χ0v) is 9.52. The van der Waals surface area contributed by atoms with E-state index < -0.39 is 20.6 Å². The SMILES string of the molecule is CCOCC(N)C(C)(C)S(C)(=O)=O. The molecule has 0 aromatic rings. The zero-order chi connectivity index (χ0) is 10.7. The fraction of sp³-hybridized carbons (Fsp3) is 1.00. The van der Waals surface area contributed by atoms with E-state index >= 15 is 0 Å². The second-order valence-corrected chi connectivity index (χ2v) is 6.24. The number of ether oxygens (including phenoxy) is 1. The molecule has 4 nitrogen and oxygen atoms in total. The molecule has 1 atom stereocenters. The Morgan fingerprint density at radius 2 is 1.92 bits per heavy atom. The largest absolute Gasteiger partial charge is 0.380 e. The van der Waals surface area contributed by atoms with Crippen molar-refractivity contribution in [1.29, 1.82) is 0 Å². The highest BCUT2D eigenvalue weighted by atomic mass is 32.2. The maximum atomic E-state index is 11.3. The molecule has 0 aliphatic rings. The molecule has 0 rings (SSSR count). The second kappa shape index (κ2) is 4.39. The van der Waals surface area contributed by atoms with Crippen LogP contribution in [0.4, 0.5) is 0 Å². The van der Waals surface area contributed by atoms with E-state index in [1.165, 1.54) is 6.26 Å². The van der Waals surface area contributed by atoms with Crippen molar-refractivity contribution in [2.24, 2.45) is 5.73 Å². The van der Waals surface area contributed by atoms with Gasteiger partial charge in [0.05, 0.1) is 11.4 Å². The molecule has 0 saturated heterocycles. The molecule has 1 unspecified atom stereocenters. The first-order valence-corrected chi connectivity index (χ1v) is 6.15. The van der Waals surface area contributed by atoms with Crippen molar-refractivity contribution in [3.05, 3.63) is 0 Å². The van der Waals surface area contributed by atoms with E-state index in [1.54, 1.807) is 13.8 Å². The lowest BCUT2D eigenvalue weighted by Crippen LogP contribution is -2.51. The predicted octanol–water partition coefficient (Wildman–Crippen LogP) is 0.173. The van der Waals surface area contributed by atoms with Gasteiger partial charge < -0.3 is 10.5 Å². The van der Waals surface area contributed by atoms with E-state index in [1.807, 2.05) is 6.92 Å². The summed E-state index contributed by atoms with van der Waals surface area (Å²) in [5, 5.41) is 0. The van der Waals surface area contributed by atoms with Crippen molar-refractivity contribution in [3.63, 3.8) is 0 Å². The molecule has 2 N–H and O–H groups in total. The smallest absolute Gasteiger partial charge is 0.154 e. The maximum absolute atomic E-state index is 11.3. The molecule has 0 aromatic heterocycles. The van der Waals surface area contributed by atoms with Gasteiger partial charge in [-0.15, -0.1) is 0 Å². The molecule has 0 amide bonds. The summed E-state index contributed by atoms with van der Waals surface area (Å²) >= 11 is 0. The average molecular weight is 209 g/mol. The normalized spacial score (nSPS) is 15.8. The molecule has 0 bridgehead atoms. The van der Waals surface area contributed by atoms with Crippen molar-refractivity contribution in [2.75, 3.05) is 19.5 Å². The van der Waals surface area contributed by atoms with E-state index in [4.69, 9.17) is 10.5 Å². The lowest BCUT2D eigenvalue weighted by Gasteiger charge is -2.29. The Hall–Kier alpha value is -0.130. The third kappa shape index (κ3) is 3.25. The van der Waals surface area contributed by atoms with Gasteiger partial charge in [0.1, 0.15) is 0 Å². The predicted molar refractivity (Wildman–Crippen MR) is 53.4 cm³/mol. The summed E-state index contributed by atoms with van der Waals surface area (Å²) < 4.78 is 26.8. The molecule has 5 heteroatoms. The van der Waals surface area contributed by atoms with E-state index in [0.717, 1.165) is 0 Å². The van der Waals surface area contributed by atoms with Gasteiger partial charge in [0.2, 0.25) is 0 Å². The Balaban J connectivity index is 4.46. The quantitative estimate of drug-likeness (QED) is 0.701. The standard InChI is InChI=1S/C8H19NO3S/c1-5-12-6-7(9)8(2,3)13(4,10)11/h7H,5-6,9H2,1-4H3. The van der Waals surface area contributed by atoms with E-state index in [2.05, 4.69) is 0 Å². The fourth-order valence-corrected chi connectivity index (χ4v) is 1.34. The van der Waals surface area contributed by atoms with Gasteiger partial charge in [-0.1, -0.05) is 0 Å². The van der Waals surface area contributed by atoms with Crippen LogP contribution in [0.5, 0.6) is 0 Å². The average Bonchev–Trinajstić information content (AvgIpc) is 1.97. The third-order valence-electron chi connectivity index (χ3n) is 2.35. The van der Waals surface area contributed by atoms with Gasteiger partial charge in [0, 0.05) is 18.9 Å². The number of sulfone groups is 1. The fourth-order valence-electron chi connectivity index (χ4n) is 0.720. The van der Waals surface area contributed by atoms with Crippen molar-refractivity contribution in [1.82, 2.24) is 0 Å². The molecular formula is C8H19NO3S. The highest BCUT2D eigenvalue weighted by Crippen LogP contribution is 2.18. The van der Waals surface area contributed by atoms with Crippen LogP contribution in [0.3, 0.4) is 0 Å². The summed E-state index contributed by atoms with van der Waals surface area (Å²) in [6.45, 7) is 5.91. The molecule has 0 heterocycles. The Morgan fingerprint density at radius 3 is 2.23 bits per heavy atom. The summed E-state index contributed by atoms with van der Waals surface area (Å²) in [5.74, 6) is 0. The Kier molecular flexibility index (Phi) is 4.35. The number of rotatable bonds is 5. The van der Waals surface area contributed by atoms with Gasteiger partial charge in [-0.25, -0.2) is 8.42 Å². The van der Waals surface area contributed by atoms with Crippen LogP contribution in [0.1, 0.15) is 20.8 Å². The van der Waals surface area contributed by atoms with Crippen LogP contribution in [-0.4, -0.2) is 38.7 Å². The molecular weight excluding hydrogens is 190 g/mol. The van der Waals surface area contributed by atoms with Crippen molar-refractivity contribution >= 4 is 9.84 Å². The highest BCUT2D eigenvalue weighted by molar-refractivity contribution is 7.92. The second-order valence-electron chi connectivity index (χ2n) is 3.64. The molecule has 0 aromatic carbocycles. The minimum absolute atomic E-state index is 0.274. The number of nitrogens with two attached hydrogens (primary N) is 1. The molecule has 0 saturated carbocycles. The Bertz CT molecular complexity index is 246. The molecule has 13 heavy (non-hydrogen) atoms. The zero-order valence-electron chi connectivity index (χ0n) is 8.70. The van der Waals surface area contributed by atoms with Crippen LogP contribution in [-0.2, 0) is 14.6 Å². The van der Waals surface area contributed by atoms with Crippen LogP contribution in [0.25, 0.3) is 0 Å². The number of hydrogen-bond donors (Lipinski definition) is 1. The topological polar surface area (TPSA) is 69.4 Å². The van der Waals surface area contributed by atoms with E-state index in [9.17, 15) is 8.42 Å². The van der Waals surface area contributed by atoms with Crippen LogP contribution < -0.4 is 5.73 Å². The lowest BCUT2D eigenvalue weighted by molar-refractivity contribution is 0.124. The monoisotopic (exact) mass is 209 g/mol. The van der Waals surface area contributed by atoms with Gasteiger partial charge in [-0.05, 0) is 20.8 Å². The summed E-state index contributed by atoms with van der Waals surface area (Å²) in [4.78, 5) is 0. The van der Waals surface area contributed by atoms with Crippen LogP contribution in [0.2, 0.25) is 0 Å². The van der Waals surface area contributed by atoms with Gasteiger partial charge in [-0.2, -0.15) is 0 Å². The molecule has 0 aliphatic heterocycles. The van der Waals surface area contributed by atoms with Crippen molar-refractivity contribution < 1.29 is 13.2 Å². The summed E-state index contributed by atoms with van der Waals surface area (Å²) in [7, 11) is -3.14. The molecule has 80 valence electrons. The Morgan fingerprint density at radius 1 is 1.46 bits per heavy atom. The third-order valence-corrected chi connectivity index (χ3v) is 4.56. The van der Waals surface area contributed by atoms with Crippen LogP contribution in [0, 0.1) is 0 Å². The molecule has 0 fully saturated rings. The first-order chi connectivity index (χ1) is 5.73. The summed E-state index contributed by atoms with van der Waals surface area (Å²) in [6.07, 6.45) is 1.19. The lowest BCUT2D eigenvalue weighted by atomic mass is 10.1. The molecule has 0 aliphatic carbocycles. The minimum atomic E-state index is -3.14. The van der Waals surface area contributed by atoms with Gasteiger partial charge in [-0.3, -0.25) is 0 Å².